The van der Waals surface area contributed by atoms with E-state index in [1.54, 1.807) is 60.7 Å². The molecule has 182 valence electrons. The number of phenols is 2. The number of rotatable bonds is 8. The van der Waals surface area contributed by atoms with Gasteiger partial charge >= 0.3 is 15.6 Å². The predicted molar refractivity (Wildman–Crippen MR) is 129 cm³/mol. The van der Waals surface area contributed by atoms with E-state index in [-0.39, 0.29) is 28.7 Å². The molecule has 4 rings (SSSR count). The highest BCUT2D eigenvalue weighted by atomic mass is 31.3. The van der Waals surface area contributed by atoms with Crippen molar-refractivity contribution in [2.75, 3.05) is 0 Å². The SMILES string of the molecule is O=P(O)(Oc1ccccc1)OP(=O)(Oc1ccccc1)Oc1ccccc1.Oc1cccc(O)c1. The molecule has 0 aliphatic heterocycles. The van der Waals surface area contributed by atoms with Crippen LogP contribution in [0.5, 0.6) is 28.7 Å². The third-order valence-electron chi connectivity index (χ3n) is 3.92. The average molecular weight is 516 g/mol. The Kier molecular flexibility index (Phi) is 8.95. The lowest BCUT2D eigenvalue weighted by Gasteiger charge is -2.21. The summed E-state index contributed by atoms with van der Waals surface area (Å²) in [7, 11) is -9.38. The van der Waals surface area contributed by atoms with Crippen LogP contribution in [0.1, 0.15) is 0 Å². The molecule has 0 fully saturated rings. The van der Waals surface area contributed by atoms with Crippen LogP contribution in [-0.2, 0) is 13.4 Å². The van der Waals surface area contributed by atoms with Crippen molar-refractivity contribution < 1.29 is 42.1 Å². The summed E-state index contributed by atoms with van der Waals surface area (Å²) in [5.41, 5.74) is 0. The van der Waals surface area contributed by atoms with Crippen LogP contribution in [0, 0.1) is 0 Å². The third-order valence-corrected chi connectivity index (χ3v) is 6.85. The number of aromatic hydroxyl groups is 2. The molecule has 0 aliphatic carbocycles. The summed E-state index contributed by atoms with van der Waals surface area (Å²) in [4.78, 5) is 10.0. The summed E-state index contributed by atoms with van der Waals surface area (Å²) >= 11 is 0. The van der Waals surface area contributed by atoms with E-state index in [0.29, 0.717) is 0 Å². The average Bonchev–Trinajstić information content (AvgIpc) is 2.80. The van der Waals surface area contributed by atoms with Gasteiger partial charge in [-0.3, -0.25) is 4.89 Å². The normalized spacial score (nSPS) is 12.4. The first-order valence-corrected chi connectivity index (χ1v) is 13.0. The van der Waals surface area contributed by atoms with Crippen molar-refractivity contribution in [1.82, 2.24) is 0 Å². The first-order chi connectivity index (χ1) is 16.7. The minimum atomic E-state index is -4.82. The van der Waals surface area contributed by atoms with E-state index in [1.165, 1.54) is 54.6 Å². The monoisotopic (exact) mass is 516 g/mol. The number of phosphoric acid groups is 2. The Morgan fingerprint density at radius 2 is 0.886 bits per heavy atom. The largest absolute Gasteiger partial charge is 0.597 e. The second kappa shape index (κ2) is 12.1. The molecule has 3 N–H and O–H groups in total. The van der Waals surface area contributed by atoms with Crippen LogP contribution >= 0.6 is 15.6 Å². The van der Waals surface area contributed by atoms with Gasteiger partial charge < -0.3 is 23.8 Å². The van der Waals surface area contributed by atoms with Crippen LogP contribution in [0.3, 0.4) is 0 Å². The number of benzene rings is 4. The molecule has 0 saturated heterocycles. The topological polar surface area (TPSA) is 132 Å². The Labute approximate surface area is 202 Å². The fourth-order valence-corrected chi connectivity index (χ4v) is 5.12. The standard InChI is InChI=1S/C18H16O7P2.C6H6O2/c19-26(20,22-16-10-4-1-5-11-16)25-27(21,23-17-12-6-2-7-13-17)24-18-14-8-3-9-15-18;7-5-2-1-3-6(8)4-5/h1-15H,(H,19,20);1-4,7-8H. The predicted octanol–water partition coefficient (Wildman–Crippen LogP) is 6.55. The smallest absolute Gasteiger partial charge is 0.508 e. The van der Waals surface area contributed by atoms with Crippen molar-refractivity contribution in [3.05, 3.63) is 115 Å². The van der Waals surface area contributed by atoms with E-state index in [9.17, 15) is 14.0 Å². The van der Waals surface area contributed by atoms with Gasteiger partial charge in [0.25, 0.3) is 0 Å². The zero-order valence-electron chi connectivity index (χ0n) is 18.2. The maximum atomic E-state index is 13.1. The van der Waals surface area contributed by atoms with E-state index in [1.807, 2.05) is 0 Å². The first-order valence-electron chi connectivity index (χ1n) is 10.1. The van der Waals surface area contributed by atoms with E-state index >= 15 is 0 Å². The molecule has 0 aliphatic rings. The van der Waals surface area contributed by atoms with Gasteiger partial charge in [-0.15, -0.1) is 0 Å². The second-order valence-electron chi connectivity index (χ2n) is 6.73. The van der Waals surface area contributed by atoms with Gasteiger partial charge in [-0.1, -0.05) is 60.7 Å². The number of phenolic OH excluding ortho intramolecular Hbond substituents is 2. The molecule has 0 saturated carbocycles. The molecule has 1 unspecified atom stereocenters. The van der Waals surface area contributed by atoms with Gasteiger partial charge in [-0.2, -0.15) is 4.31 Å². The number of hydrogen-bond donors (Lipinski definition) is 3. The molecule has 0 bridgehead atoms. The Morgan fingerprint density at radius 3 is 1.23 bits per heavy atom. The van der Waals surface area contributed by atoms with Crippen LogP contribution < -0.4 is 13.6 Å². The molecule has 0 heterocycles. The summed E-state index contributed by atoms with van der Waals surface area (Å²) in [5.74, 6) is 0.511. The lowest BCUT2D eigenvalue weighted by molar-refractivity contribution is 0.238. The van der Waals surface area contributed by atoms with Gasteiger partial charge in [0.15, 0.2) is 0 Å². The quantitative estimate of drug-likeness (QED) is 0.223. The van der Waals surface area contributed by atoms with E-state index in [0.717, 1.165) is 0 Å². The van der Waals surface area contributed by atoms with Gasteiger partial charge in [0, 0.05) is 6.07 Å². The molecule has 4 aromatic rings. The molecule has 0 spiro atoms. The Balaban J connectivity index is 0.000000363. The van der Waals surface area contributed by atoms with Crippen molar-refractivity contribution >= 4 is 15.6 Å². The minimum Gasteiger partial charge on any atom is -0.508 e. The van der Waals surface area contributed by atoms with E-state index < -0.39 is 15.6 Å². The number of para-hydroxylation sites is 3. The summed E-state index contributed by atoms with van der Waals surface area (Å²) in [5, 5.41) is 17.3. The molecule has 9 nitrogen and oxygen atoms in total. The molecular weight excluding hydrogens is 494 g/mol. The summed E-state index contributed by atoms with van der Waals surface area (Å²) in [6.45, 7) is 0. The van der Waals surface area contributed by atoms with Crippen molar-refractivity contribution in [2.24, 2.45) is 0 Å². The van der Waals surface area contributed by atoms with Crippen molar-refractivity contribution in [3.8, 4) is 28.7 Å². The highest BCUT2D eigenvalue weighted by Gasteiger charge is 2.42. The van der Waals surface area contributed by atoms with E-state index in [2.05, 4.69) is 0 Å². The summed E-state index contributed by atoms with van der Waals surface area (Å²) < 4.78 is 45.8. The van der Waals surface area contributed by atoms with Crippen LogP contribution in [0.15, 0.2) is 115 Å². The summed E-state index contributed by atoms with van der Waals surface area (Å²) in [6, 6.07) is 29.7. The van der Waals surface area contributed by atoms with Gasteiger partial charge in [0.2, 0.25) is 0 Å². The molecule has 0 radical (unpaired) electrons. The molecule has 0 aromatic heterocycles. The molecule has 11 heteroatoms. The Hall–Kier alpha value is -3.74. The Bertz CT molecular complexity index is 1220. The van der Waals surface area contributed by atoms with Crippen LogP contribution in [0.4, 0.5) is 0 Å². The molecule has 4 aromatic carbocycles. The van der Waals surface area contributed by atoms with Crippen LogP contribution in [0.2, 0.25) is 0 Å². The maximum Gasteiger partial charge on any atom is 0.597 e. The number of phosphoric ester groups is 2. The molecule has 1 atom stereocenters. The van der Waals surface area contributed by atoms with Crippen molar-refractivity contribution in [3.63, 3.8) is 0 Å². The molecule has 0 amide bonds. The highest BCUT2D eigenvalue weighted by molar-refractivity contribution is 7.62. The van der Waals surface area contributed by atoms with Crippen LogP contribution in [0.25, 0.3) is 0 Å². The highest BCUT2D eigenvalue weighted by Crippen LogP contribution is 2.62. The fraction of sp³-hybridized carbons (Fsp3) is 0. The van der Waals surface area contributed by atoms with Gasteiger partial charge in [0.1, 0.15) is 28.7 Å². The molecule has 35 heavy (non-hydrogen) atoms. The van der Waals surface area contributed by atoms with Crippen molar-refractivity contribution in [1.29, 1.82) is 0 Å². The van der Waals surface area contributed by atoms with Gasteiger partial charge in [-0.05, 0) is 48.5 Å². The van der Waals surface area contributed by atoms with E-state index in [4.69, 9.17) is 28.1 Å². The fourth-order valence-electron chi connectivity index (χ4n) is 2.52. The van der Waals surface area contributed by atoms with Crippen LogP contribution in [-0.4, -0.2) is 15.1 Å². The van der Waals surface area contributed by atoms with Gasteiger partial charge in [0.05, 0.1) is 0 Å². The summed E-state index contributed by atoms with van der Waals surface area (Å²) in [6.07, 6.45) is 0. The van der Waals surface area contributed by atoms with Gasteiger partial charge in [-0.25, -0.2) is 9.13 Å². The van der Waals surface area contributed by atoms with Crippen molar-refractivity contribution in [2.45, 2.75) is 0 Å². The number of hydrogen-bond acceptors (Lipinski definition) is 8. The Morgan fingerprint density at radius 1 is 0.514 bits per heavy atom. The zero-order valence-corrected chi connectivity index (χ0v) is 19.9. The third kappa shape index (κ3) is 9.20. The maximum absolute atomic E-state index is 13.1. The zero-order chi connectivity index (χ0) is 25.2. The molecular formula is C24H22O9P2. The first kappa shape index (κ1) is 25.9. The minimum absolute atomic E-state index is 0.0642. The lowest BCUT2D eigenvalue weighted by atomic mass is 10.3. The lowest BCUT2D eigenvalue weighted by Crippen LogP contribution is -2.06. The second-order valence-corrected chi connectivity index (χ2v) is 9.76.